The van der Waals surface area contributed by atoms with Gasteiger partial charge in [0.2, 0.25) is 0 Å². The number of hydrogen-bond acceptors (Lipinski definition) is 4. The number of nitrogens with two attached hydrogens (primary N) is 2. The van der Waals surface area contributed by atoms with Gasteiger partial charge in [-0.3, -0.25) is 4.79 Å². The lowest BCUT2D eigenvalue weighted by atomic mass is 9.87. The molecule has 6 heteroatoms. The molecule has 0 unspecified atom stereocenters. The smallest absolute Gasteiger partial charge is 0.306 e. The van der Waals surface area contributed by atoms with E-state index in [0.29, 0.717) is 18.6 Å². The van der Waals surface area contributed by atoms with Crippen LogP contribution < -0.4 is 11.5 Å². The second-order valence-corrected chi connectivity index (χ2v) is 5.91. The van der Waals surface area contributed by atoms with Gasteiger partial charge in [-0.25, -0.2) is 0 Å². The number of aliphatic hydroxyl groups excluding tert-OH is 1. The van der Waals surface area contributed by atoms with E-state index in [-0.39, 0.29) is 24.4 Å². The summed E-state index contributed by atoms with van der Waals surface area (Å²) in [6, 6.07) is 0.656. The van der Waals surface area contributed by atoms with Crippen LogP contribution in [0.15, 0.2) is 0 Å². The van der Waals surface area contributed by atoms with Gasteiger partial charge in [-0.2, -0.15) is 0 Å². The molecule has 2 saturated carbocycles. The van der Waals surface area contributed by atoms with Crippen molar-refractivity contribution in [3.63, 3.8) is 0 Å². The van der Waals surface area contributed by atoms with Crippen LogP contribution in [0.4, 0.5) is 0 Å². The van der Waals surface area contributed by atoms with Crippen molar-refractivity contribution >= 4 is 18.4 Å². The molecule has 2 fully saturated rings. The molecule has 120 valence electrons. The molecule has 2 rings (SSSR count). The summed E-state index contributed by atoms with van der Waals surface area (Å²) in [6.45, 7) is 0.354. The highest BCUT2D eigenvalue weighted by Crippen LogP contribution is 2.23. The Balaban J connectivity index is 0.000000345. The van der Waals surface area contributed by atoms with E-state index in [2.05, 4.69) is 0 Å². The summed E-state index contributed by atoms with van der Waals surface area (Å²) in [5.41, 5.74) is 11.3. The van der Waals surface area contributed by atoms with E-state index in [0.717, 1.165) is 51.4 Å². The zero-order valence-electron chi connectivity index (χ0n) is 12.0. The van der Waals surface area contributed by atoms with E-state index in [9.17, 15) is 4.79 Å². The highest BCUT2D eigenvalue weighted by Gasteiger charge is 2.23. The van der Waals surface area contributed by atoms with Crippen molar-refractivity contribution in [3.05, 3.63) is 0 Å². The van der Waals surface area contributed by atoms with Crippen LogP contribution in [-0.2, 0) is 4.79 Å². The van der Waals surface area contributed by atoms with Crippen molar-refractivity contribution in [2.45, 2.75) is 63.5 Å². The largest absolute Gasteiger partial charge is 0.481 e. The minimum Gasteiger partial charge on any atom is -0.481 e. The Morgan fingerprint density at radius 1 is 0.900 bits per heavy atom. The van der Waals surface area contributed by atoms with E-state index in [1.807, 2.05) is 0 Å². The monoisotopic (exact) mass is 308 g/mol. The molecule has 0 radical (unpaired) electrons. The minimum absolute atomic E-state index is 0. The molecule has 0 aromatic rings. The first kappa shape index (κ1) is 19.6. The number of carbonyl (C=O) groups is 1. The van der Waals surface area contributed by atoms with Crippen molar-refractivity contribution in [1.29, 1.82) is 0 Å². The highest BCUT2D eigenvalue weighted by molar-refractivity contribution is 5.85. The molecule has 0 saturated heterocycles. The Hall–Kier alpha value is -0.360. The third-order valence-corrected chi connectivity index (χ3v) is 4.27. The van der Waals surface area contributed by atoms with Gasteiger partial charge in [0.05, 0.1) is 5.92 Å². The zero-order valence-corrected chi connectivity index (χ0v) is 12.9. The maximum atomic E-state index is 10.4. The van der Waals surface area contributed by atoms with Crippen molar-refractivity contribution in [3.8, 4) is 0 Å². The topological polar surface area (TPSA) is 110 Å². The number of carboxylic acids is 1. The van der Waals surface area contributed by atoms with Gasteiger partial charge < -0.3 is 21.7 Å². The van der Waals surface area contributed by atoms with Crippen LogP contribution in [0.25, 0.3) is 0 Å². The van der Waals surface area contributed by atoms with Gasteiger partial charge in [0.15, 0.2) is 0 Å². The van der Waals surface area contributed by atoms with Gasteiger partial charge in [0.1, 0.15) is 0 Å². The Bertz CT molecular complexity index is 263. The van der Waals surface area contributed by atoms with Crippen LogP contribution in [0, 0.1) is 11.8 Å². The van der Waals surface area contributed by atoms with Crippen molar-refractivity contribution < 1.29 is 15.0 Å². The number of carboxylic acid groups (broad SMARTS) is 1. The Labute approximate surface area is 127 Å². The summed E-state index contributed by atoms with van der Waals surface area (Å²) in [5.74, 6) is -0.239. The molecule has 0 spiro atoms. The third-order valence-electron chi connectivity index (χ3n) is 4.27. The highest BCUT2D eigenvalue weighted by atomic mass is 35.5. The van der Waals surface area contributed by atoms with E-state index in [1.54, 1.807) is 0 Å². The van der Waals surface area contributed by atoms with Crippen LogP contribution in [0.3, 0.4) is 0 Å². The summed E-state index contributed by atoms with van der Waals surface area (Å²) < 4.78 is 0. The lowest BCUT2D eigenvalue weighted by Gasteiger charge is -2.23. The molecule has 0 heterocycles. The van der Waals surface area contributed by atoms with Gasteiger partial charge in [-0.15, -0.1) is 12.4 Å². The molecule has 20 heavy (non-hydrogen) atoms. The molecule has 0 aromatic heterocycles. The van der Waals surface area contributed by atoms with Crippen LogP contribution in [-0.4, -0.2) is 34.9 Å². The number of rotatable bonds is 2. The average Bonchev–Trinajstić information content (AvgIpc) is 2.41. The first-order valence-electron chi connectivity index (χ1n) is 7.37. The van der Waals surface area contributed by atoms with E-state index < -0.39 is 5.97 Å². The second-order valence-electron chi connectivity index (χ2n) is 5.91. The quantitative estimate of drug-likeness (QED) is 0.618. The summed E-state index contributed by atoms with van der Waals surface area (Å²) in [7, 11) is 0. The lowest BCUT2D eigenvalue weighted by Crippen LogP contribution is -2.29. The fourth-order valence-corrected chi connectivity index (χ4v) is 2.74. The van der Waals surface area contributed by atoms with Gasteiger partial charge >= 0.3 is 5.97 Å². The first-order chi connectivity index (χ1) is 9.02. The third kappa shape index (κ3) is 7.43. The van der Waals surface area contributed by atoms with E-state index in [1.165, 1.54) is 0 Å². The second kappa shape index (κ2) is 10.4. The number of halogens is 1. The van der Waals surface area contributed by atoms with Crippen LogP contribution in [0.5, 0.6) is 0 Å². The predicted octanol–water partition coefficient (Wildman–Crippen LogP) is 1.51. The molecule has 0 aliphatic heterocycles. The summed E-state index contributed by atoms with van der Waals surface area (Å²) in [5, 5.41) is 17.3. The molecule has 5 nitrogen and oxygen atoms in total. The first-order valence-corrected chi connectivity index (χ1v) is 7.37. The average molecular weight is 309 g/mol. The van der Waals surface area contributed by atoms with Crippen LogP contribution in [0.1, 0.15) is 51.4 Å². The maximum absolute atomic E-state index is 10.4. The zero-order chi connectivity index (χ0) is 14.3. The standard InChI is InChI=1S/C7H13NO2.C7H15NO.ClH/c8-6-3-1-5(2-4-6)7(9)10;8-7-3-1-6(5-9)2-4-7;/h5-6H,1-4,8H2,(H,9,10);6-7,9H,1-5,8H2;1H/t5-,6+;;. The minimum atomic E-state index is -0.660. The molecule has 2 aliphatic rings. The molecule has 2 aliphatic carbocycles. The maximum Gasteiger partial charge on any atom is 0.306 e. The number of aliphatic carboxylic acids is 1. The summed E-state index contributed by atoms with van der Waals surface area (Å²) in [4.78, 5) is 10.4. The van der Waals surface area contributed by atoms with Crippen molar-refractivity contribution in [1.82, 2.24) is 0 Å². The molecular weight excluding hydrogens is 280 g/mol. The lowest BCUT2D eigenvalue weighted by molar-refractivity contribution is -0.142. The van der Waals surface area contributed by atoms with Crippen LogP contribution >= 0.6 is 12.4 Å². The fourth-order valence-electron chi connectivity index (χ4n) is 2.74. The number of hydrogen-bond donors (Lipinski definition) is 4. The normalized spacial score (nSPS) is 33.4. The predicted molar refractivity (Wildman–Crippen MR) is 81.8 cm³/mol. The Morgan fingerprint density at radius 2 is 1.30 bits per heavy atom. The molecule has 0 aromatic carbocycles. The summed E-state index contributed by atoms with van der Waals surface area (Å²) >= 11 is 0. The van der Waals surface area contributed by atoms with E-state index in [4.69, 9.17) is 21.7 Å². The van der Waals surface area contributed by atoms with Crippen molar-refractivity contribution in [2.75, 3.05) is 6.61 Å². The Kier molecular flexibility index (Phi) is 10.2. The van der Waals surface area contributed by atoms with Crippen LogP contribution in [0.2, 0.25) is 0 Å². The van der Waals surface area contributed by atoms with Gasteiger partial charge in [-0.05, 0) is 57.3 Å². The van der Waals surface area contributed by atoms with Gasteiger partial charge in [0, 0.05) is 18.7 Å². The Morgan fingerprint density at radius 3 is 1.65 bits per heavy atom. The molecule has 0 bridgehead atoms. The molecule has 6 N–H and O–H groups in total. The van der Waals surface area contributed by atoms with Crippen molar-refractivity contribution in [2.24, 2.45) is 23.3 Å². The molecular formula is C14H29ClN2O3. The van der Waals surface area contributed by atoms with E-state index >= 15 is 0 Å². The fraction of sp³-hybridized carbons (Fsp3) is 0.929. The summed E-state index contributed by atoms with van der Waals surface area (Å²) in [6.07, 6.45) is 7.72. The SMILES string of the molecule is Cl.NC1CCC(CO)CC1.N[C@H]1CC[C@@H](C(=O)O)CC1. The number of aliphatic hydroxyl groups is 1. The molecule has 0 amide bonds. The molecule has 0 atom stereocenters. The van der Waals surface area contributed by atoms with Gasteiger partial charge in [-0.1, -0.05) is 0 Å². The van der Waals surface area contributed by atoms with Gasteiger partial charge in [0.25, 0.3) is 0 Å².